The van der Waals surface area contributed by atoms with Crippen LogP contribution in [0, 0.1) is 0 Å². The van der Waals surface area contributed by atoms with E-state index in [4.69, 9.17) is 0 Å². The zero-order valence-corrected chi connectivity index (χ0v) is 16.9. The minimum absolute atomic E-state index is 0. The normalized spacial score (nSPS) is 18.3. The van der Waals surface area contributed by atoms with Crippen LogP contribution in [0.25, 0.3) is 0 Å². The van der Waals surface area contributed by atoms with Gasteiger partial charge in [0.05, 0.1) is 0 Å². The predicted molar refractivity (Wildman–Crippen MR) is 110 cm³/mol. The second kappa shape index (κ2) is 10.0. The summed E-state index contributed by atoms with van der Waals surface area (Å²) in [6.07, 6.45) is 2.60. The first-order valence-electron chi connectivity index (χ1n) is 7.50. The molecular weight excluding hydrogens is 423 g/mol. The molecule has 5 nitrogen and oxygen atoms in total. The van der Waals surface area contributed by atoms with Crippen LogP contribution in [0.15, 0.2) is 29.3 Å². The summed E-state index contributed by atoms with van der Waals surface area (Å²) < 4.78 is 0. The van der Waals surface area contributed by atoms with Crippen molar-refractivity contribution in [2.24, 2.45) is 4.99 Å². The molecule has 0 aromatic heterocycles. The summed E-state index contributed by atoms with van der Waals surface area (Å²) in [4.78, 5) is 16.1. The van der Waals surface area contributed by atoms with Gasteiger partial charge < -0.3 is 16.0 Å². The van der Waals surface area contributed by atoms with Crippen molar-refractivity contribution in [1.29, 1.82) is 0 Å². The lowest BCUT2D eigenvalue weighted by atomic mass is 9.90. The third-order valence-electron chi connectivity index (χ3n) is 3.81. The molecule has 1 aliphatic heterocycles. The molecule has 0 spiro atoms. The van der Waals surface area contributed by atoms with Gasteiger partial charge in [0.2, 0.25) is 5.91 Å². The second-order valence-corrected chi connectivity index (χ2v) is 6.69. The molecular formula is C16H25IN4OS. The standard InChI is InChI=1S/C16H24N4OS.HI/c1-11(22-3)9-18-16(17-2)19-10-12-8-15(21)20-14-7-5-4-6-13(12)14;/h4-7,11-12H,8-10H2,1-3H3,(H,20,21)(H2,17,18,19);1H. The maximum Gasteiger partial charge on any atom is 0.225 e. The molecule has 7 heteroatoms. The predicted octanol–water partition coefficient (Wildman–Crippen LogP) is 2.65. The number of carbonyl (C=O) groups is 1. The van der Waals surface area contributed by atoms with E-state index in [0.29, 0.717) is 18.2 Å². The van der Waals surface area contributed by atoms with Gasteiger partial charge in [0, 0.05) is 43.4 Å². The number of aliphatic imine (C=N–C) groups is 1. The number of para-hydroxylation sites is 1. The highest BCUT2D eigenvalue weighted by Gasteiger charge is 2.24. The van der Waals surface area contributed by atoms with Crippen molar-refractivity contribution in [3.8, 4) is 0 Å². The van der Waals surface area contributed by atoms with Crippen molar-refractivity contribution in [3.05, 3.63) is 29.8 Å². The third-order valence-corrected chi connectivity index (χ3v) is 4.78. The molecule has 0 fully saturated rings. The van der Waals surface area contributed by atoms with Crippen LogP contribution in [-0.2, 0) is 4.79 Å². The van der Waals surface area contributed by atoms with Crippen LogP contribution in [0.5, 0.6) is 0 Å². The molecule has 2 unspecified atom stereocenters. The summed E-state index contributed by atoms with van der Waals surface area (Å²) in [5.74, 6) is 1.02. The smallest absolute Gasteiger partial charge is 0.225 e. The Hall–Kier alpha value is -0.960. The Morgan fingerprint density at radius 3 is 2.87 bits per heavy atom. The average Bonchev–Trinajstić information content (AvgIpc) is 2.54. The Balaban J connectivity index is 0.00000264. The van der Waals surface area contributed by atoms with Crippen LogP contribution < -0.4 is 16.0 Å². The van der Waals surface area contributed by atoms with Crippen molar-refractivity contribution < 1.29 is 4.79 Å². The van der Waals surface area contributed by atoms with Gasteiger partial charge in [-0.15, -0.1) is 24.0 Å². The highest BCUT2D eigenvalue weighted by atomic mass is 127. The van der Waals surface area contributed by atoms with Gasteiger partial charge in [-0.3, -0.25) is 9.79 Å². The SMILES string of the molecule is CN=C(NCC(C)SC)NCC1CC(=O)Nc2ccccc21.I. The molecule has 2 rings (SSSR count). The van der Waals surface area contributed by atoms with E-state index in [1.54, 1.807) is 7.05 Å². The van der Waals surface area contributed by atoms with E-state index in [9.17, 15) is 4.79 Å². The lowest BCUT2D eigenvalue weighted by Crippen LogP contribution is -2.42. The molecule has 0 radical (unpaired) electrons. The first kappa shape index (κ1) is 20.1. The number of anilines is 1. The zero-order chi connectivity index (χ0) is 15.9. The third kappa shape index (κ3) is 5.87. The van der Waals surface area contributed by atoms with Gasteiger partial charge in [0.1, 0.15) is 0 Å². The number of amides is 1. The fraction of sp³-hybridized carbons (Fsp3) is 0.500. The molecule has 1 aliphatic rings. The number of guanidine groups is 1. The van der Waals surface area contributed by atoms with E-state index in [0.717, 1.165) is 18.2 Å². The van der Waals surface area contributed by atoms with Crippen LogP contribution in [0.3, 0.4) is 0 Å². The molecule has 1 aromatic carbocycles. The Kier molecular flexibility index (Phi) is 8.75. The number of hydrogen-bond acceptors (Lipinski definition) is 3. The number of halogens is 1. The minimum Gasteiger partial charge on any atom is -0.356 e. The van der Waals surface area contributed by atoms with Crippen molar-refractivity contribution in [1.82, 2.24) is 10.6 Å². The van der Waals surface area contributed by atoms with Gasteiger partial charge in [0.25, 0.3) is 0 Å². The fourth-order valence-corrected chi connectivity index (χ4v) is 2.70. The largest absolute Gasteiger partial charge is 0.356 e. The Morgan fingerprint density at radius 2 is 2.17 bits per heavy atom. The lowest BCUT2D eigenvalue weighted by Gasteiger charge is -2.26. The Bertz CT molecular complexity index is 553. The maximum atomic E-state index is 11.8. The number of thioether (sulfide) groups is 1. The second-order valence-electron chi connectivity index (χ2n) is 5.42. The number of fused-ring (bicyclic) bond motifs is 1. The maximum absolute atomic E-state index is 11.8. The molecule has 128 valence electrons. The molecule has 23 heavy (non-hydrogen) atoms. The summed E-state index contributed by atoms with van der Waals surface area (Å²) in [5.41, 5.74) is 2.10. The number of hydrogen-bond donors (Lipinski definition) is 3. The molecule has 3 N–H and O–H groups in total. The summed E-state index contributed by atoms with van der Waals surface area (Å²) in [6.45, 7) is 3.73. The number of rotatable bonds is 5. The highest BCUT2D eigenvalue weighted by Crippen LogP contribution is 2.31. The topological polar surface area (TPSA) is 65.5 Å². The van der Waals surface area contributed by atoms with Gasteiger partial charge in [-0.05, 0) is 17.9 Å². The number of nitrogens with zero attached hydrogens (tertiary/aromatic N) is 1. The van der Waals surface area contributed by atoms with Gasteiger partial charge >= 0.3 is 0 Å². The van der Waals surface area contributed by atoms with E-state index < -0.39 is 0 Å². The first-order chi connectivity index (χ1) is 10.6. The van der Waals surface area contributed by atoms with Gasteiger partial charge in [0.15, 0.2) is 5.96 Å². The molecule has 0 aliphatic carbocycles. The van der Waals surface area contributed by atoms with Gasteiger partial charge in [-0.25, -0.2) is 0 Å². The lowest BCUT2D eigenvalue weighted by molar-refractivity contribution is -0.116. The molecule has 1 heterocycles. The van der Waals surface area contributed by atoms with Crippen LogP contribution >= 0.6 is 35.7 Å². The van der Waals surface area contributed by atoms with E-state index in [1.807, 2.05) is 30.0 Å². The van der Waals surface area contributed by atoms with Crippen LogP contribution in [-0.4, -0.2) is 43.5 Å². The number of carbonyl (C=O) groups excluding carboxylic acids is 1. The van der Waals surface area contributed by atoms with Crippen LogP contribution in [0.1, 0.15) is 24.8 Å². The van der Waals surface area contributed by atoms with E-state index in [2.05, 4.69) is 40.2 Å². The fourth-order valence-electron chi connectivity index (χ4n) is 2.45. The van der Waals surface area contributed by atoms with Crippen molar-refractivity contribution in [2.75, 3.05) is 31.7 Å². The first-order valence-corrected chi connectivity index (χ1v) is 8.79. The summed E-state index contributed by atoms with van der Waals surface area (Å²) in [5, 5.41) is 10.1. The van der Waals surface area contributed by atoms with Crippen molar-refractivity contribution >= 4 is 53.3 Å². The molecule has 0 saturated carbocycles. The Morgan fingerprint density at radius 1 is 1.43 bits per heavy atom. The number of benzene rings is 1. The summed E-state index contributed by atoms with van der Waals surface area (Å²) >= 11 is 1.82. The van der Waals surface area contributed by atoms with E-state index >= 15 is 0 Å². The average molecular weight is 448 g/mol. The minimum atomic E-state index is 0. The summed E-state index contributed by atoms with van der Waals surface area (Å²) in [6, 6.07) is 7.98. The quantitative estimate of drug-likeness (QED) is 0.368. The highest BCUT2D eigenvalue weighted by molar-refractivity contribution is 14.0. The van der Waals surface area contributed by atoms with Crippen molar-refractivity contribution in [3.63, 3.8) is 0 Å². The molecule has 0 bridgehead atoms. The van der Waals surface area contributed by atoms with Gasteiger partial charge in [-0.2, -0.15) is 11.8 Å². The molecule has 1 amide bonds. The van der Waals surface area contributed by atoms with E-state index in [1.165, 1.54) is 5.56 Å². The summed E-state index contributed by atoms with van der Waals surface area (Å²) in [7, 11) is 1.76. The van der Waals surface area contributed by atoms with Crippen LogP contribution in [0.2, 0.25) is 0 Å². The monoisotopic (exact) mass is 448 g/mol. The van der Waals surface area contributed by atoms with E-state index in [-0.39, 0.29) is 35.8 Å². The number of nitrogens with one attached hydrogen (secondary N) is 3. The van der Waals surface area contributed by atoms with Gasteiger partial charge in [-0.1, -0.05) is 25.1 Å². The van der Waals surface area contributed by atoms with Crippen molar-refractivity contribution in [2.45, 2.75) is 24.5 Å². The Labute approximate surface area is 159 Å². The molecule has 0 saturated heterocycles. The zero-order valence-electron chi connectivity index (χ0n) is 13.8. The van der Waals surface area contributed by atoms with Crippen LogP contribution in [0.4, 0.5) is 5.69 Å². The molecule has 2 atom stereocenters. The molecule has 1 aromatic rings.